The lowest BCUT2D eigenvalue weighted by molar-refractivity contribution is 0.298. The van der Waals surface area contributed by atoms with Gasteiger partial charge in [-0.05, 0) is 26.0 Å². The molecule has 0 amide bonds. The third-order valence-corrected chi connectivity index (χ3v) is 2.51. The van der Waals surface area contributed by atoms with E-state index in [-0.39, 0.29) is 5.75 Å². The molecule has 3 heteroatoms. The van der Waals surface area contributed by atoms with Crippen LogP contribution in [0.1, 0.15) is 24.9 Å². The van der Waals surface area contributed by atoms with Crippen LogP contribution in [0.3, 0.4) is 0 Å². The van der Waals surface area contributed by atoms with Crippen molar-refractivity contribution in [1.29, 1.82) is 0 Å². The van der Waals surface area contributed by atoms with Crippen molar-refractivity contribution in [1.82, 2.24) is 5.32 Å². The molecule has 1 aliphatic heterocycles. The highest BCUT2D eigenvalue weighted by Crippen LogP contribution is 2.37. The maximum absolute atomic E-state index is 9.64. The maximum atomic E-state index is 9.64. The summed E-state index contributed by atoms with van der Waals surface area (Å²) in [6.45, 7) is 3.55. The molecule has 76 valence electrons. The summed E-state index contributed by atoms with van der Waals surface area (Å²) in [6, 6.07) is 5.87. The van der Waals surface area contributed by atoms with Crippen LogP contribution in [0.25, 0.3) is 0 Å². The summed E-state index contributed by atoms with van der Waals surface area (Å²) in [7, 11) is 0. The maximum Gasteiger partial charge on any atom is 0.165 e. The summed E-state index contributed by atoms with van der Waals surface area (Å²) in [5.74, 6) is 0.866. The van der Waals surface area contributed by atoms with E-state index in [1.54, 1.807) is 6.07 Å². The van der Waals surface area contributed by atoms with Crippen LogP contribution in [0, 0.1) is 0 Å². The van der Waals surface area contributed by atoms with Gasteiger partial charge in [0.2, 0.25) is 0 Å². The highest BCUT2D eigenvalue weighted by Gasteiger charge is 2.23. The van der Waals surface area contributed by atoms with Crippen LogP contribution in [0.5, 0.6) is 11.5 Å². The number of aromatic hydroxyl groups is 1. The van der Waals surface area contributed by atoms with E-state index in [1.807, 2.05) is 19.1 Å². The lowest BCUT2D eigenvalue weighted by Gasteiger charge is -2.29. The standard InChI is InChI=1S/C11H15NO2/c1-2-14-11-8(9-6-7-12-9)4-3-5-10(11)13/h3-5,9,12-13H,2,6-7H2,1H3/t9-/m1/s1. The molecular weight excluding hydrogens is 178 g/mol. The van der Waals surface area contributed by atoms with Gasteiger partial charge in [0.1, 0.15) is 0 Å². The molecule has 1 aliphatic rings. The zero-order valence-corrected chi connectivity index (χ0v) is 8.29. The second kappa shape index (κ2) is 3.88. The monoisotopic (exact) mass is 193 g/mol. The third kappa shape index (κ3) is 1.55. The van der Waals surface area contributed by atoms with Gasteiger partial charge in [-0.15, -0.1) is 0 Å². The first kappa shape index (κ1) is 9.34. The number of benzene rings is 1. The van der Waals surface area contributed by atoms with Gasteiger partial charge in [0.25, 0.3) is 0 Å². The van der Waals surface area contributed by atoms with Crippen LogP contribution >= 0.6 is 0 Å². The average Bonchev–Trinajstić information content (AvgIpc) is 2.08. The summed E-state index contributed by atoms with van der Waals surface area (Å²) in [5, 5.41) is 12.9. The van der Waals surface area contributed by atoms with Crippen molar-refractivity contribution in [3.8, 4) is 11.5 Å². The van der Waals surface area contributed by atoms with E-state index in [2.05, 4.69) is 5.32 Å². The zero-order valence-electron chi connectivity index (χ0n) is 8.29. The van der Waals surface area contributed by atoms with Crippen LogP contribution in [-0.4, -0.2) is 18.3 Å². The molecule has 1 aromatic rings. The van der Waals surface area contributed by atoms with Gasteiger partial charge in [0.15, 0.2) is 11.5 Å². The van der Waals surface area contributed by atoms with Crippen molar-refractivity contribution in [2.45, 2.75) is 19.4 Å². The number of phenols is 1. The molecule has 14 heavy (non-hydrogen) atoms. The molecule has 1 atom stereocenters. The molecule has 2 rings (SSSR count). The minimum absolute atomic E-state index is 0.234. The topological polar surface area (TPSA) is 41.5 Å². The minimum atomic E-state index is 0.234. The molecule has 1 fully saturated rings. The first-order valence-electron chi connectivity index (χ1n) is 5.01. The zero-order chi connectivity index (χ0) is 9.97. The van der Waals surface area contributed by atoms with E-state index < -0.39 is 0 Å². The van der Waals surface area contributed by atoms with E-state index in [4.69, 9.17) is 4.74 Å². The number of phenolic OH excluding ortho intramolecular Hbond substituents is 1. The smallest absolute Gasteiger partial charge is 0.165 e. The normalized spacial score (nSPS) is 20.2. The first-order valence-corrected chi connectivity index (χ1v) is 5.01. The number of ether oxygens (including phenoxy) is 1. The summed E-state index contributed by atoms with van der Waals surface area (Å²) >= 11 is 0. The highest BCUT2D eigenvalue weighted by atomic mass is 16.5. The van der Waals surface area contributed by atoms with Crippen LogP contribution < -0.4 is 10.1 Å². The molecule has 0 aromatic heterocycles. The van der Waals surface area contributed by atoms with E-state index in [0.29, 0.717) is 18.4 Å². The fourth-order valence-electron chi connectivity index (χ4n) is 1.67. The Balaban J connectivity index is 2.31. The Morgan fingerprint density at radius 2 is 2.36 bits per heavy atom. The highest BCUT2D eigenvalue weighted by molar-refractivity contribution is 5.47. The Hall–Kier alpha value is -1.22. The molecule has 3 nitrogen and oxygen atoms in total. The number of rotatable bonds is 3. The van der Waals surface area contributed by atoms with Crippen LogP contribution in [0.4, 0.5) is 0 Å². The van der Waals surface area contributed by atoms with Crippen molar-refractivity contribution in [3.05, 3.63) is 23.8 Å². The van der Waals surface area contributed by atoms with Crippen LogP contribution in [0.2, 0.25) is 0 Å². The Labute approximate surface area is 83.7 Å². The molecule has 0 spiro atoms. The van der Waals surface area contributed by atoms with Crippen LogP contribution in [0.15, 0.2) is 18.2 Å². The van der Waals surface area contributed by atoms with Crippen molar-refractivity contribution >= 4 is 0 Å². The Morgan fingerprint density at radius 3 is 2.93 bits per heavy atom. The van der Waals surface area contributed by atoms with Crippen LogP contribution in [-0.2, 0) is 0 Å². The fraction of sp³-hybridized carbons (Fsp3) is 0.455. The van der Waals surface area contributed by atoms with E-state index in [0.717, 1.165) is 18.5 Å². The van der Waals surface area contributed by atoms with Gasteiger partial charge in [0, 0.05) is 11.6 Å². The average molecular weight is 193 g/mol. The second-order valence-corrected chi connectivity index (χ2v) is 3.42. The van der Waals surface area contributed by atoms with Gasteiger partial charge in [-0.25, -0.2) is 0 Å². The summed E-state index contributed by atoms with van der Waals surface area (Å²) in [6.07, 6.45) is 1.11. The second-order valence-electron chi connectivity index (χ2n) is 3.42. The molecule has 0 saturated carbocycles. The molecule has 1 heterocycles. The van der Waals surface area contributed by atoms with Crippen molar-refractivity contribution in [2.24, 2.45) is 0 Å². The van der Waals surface area contributed by atoms with Gasteiger partial charge in [-0.3, -0.25) is 0 Å². The van der Waals surface area contributed by atoms with E-state index in [1.165, 1.54) is 0 Å². The van der Waals surface area contributed by atoms with Gasteiger partial charge >= 0.3 is 0 Å². The quantitative estimate of drug-likeness (QED) is 0.769. The summed E-state index contributed by atoms with van der Waals surface area (Å²) in [4.78, 5) is 0. The molecule has 2 N–H and O–H groups in total. The molecule has 0 radical (unpaired) electrons. The largest absolute Gasteiger partial charge is 0.504 e. The minimum Gasteiger partial charge on any atom is -0.504 e. The molecule has 0 bridgehead atoms. The van der Waals surface area contributed by atoms with Gasteiger partial charge in [0.05, 0.1) is 6.61 Å². The number of nitrogens with one attached hydrogen (secondary N) is 1. The third-order valence-electron chi connectivity index (χ3n) is 2.51. The van der Waals surface area contributed by atoms with Crippen molar-refractivity contribution in [2.75, 3.05) is 13.2 Å². The van der Waals surface area contributed by atoms with Gasteiger partial charge in [-0.2, -0.15) is 0 Å². The lowest BCUT2D eigenvalue weighted by atomic mass is 9.97. The predicted octanol–water partition coefficient (Wildman–Crippen LogP) is 1.83. The predicted molar refractivity (Wildman–Crippen MR) is 54.6 cm³/mol. The molecule has 0 unspecified atom stereocenters. The number of hydrogen-bond acceptors (Lipinski definition) is 3. The SMILES string of the molecule is CCOc1c(O)cccc1[C@H]1CCN1. The molecular formula is C11H15NO2. The summed E-state index contributed by atoms with van der Waals surface area (Å²) in [5.41, 5.74) is 1.07. The Morgan fingerprint density at radius 1 is 1.57 bits per heavy atom. The number of para-hydroxylation sites is 1. The molecule has 1 saturated heterocycles. The van der Waals surface area contributed by atoms with Gasteiger partial charge in [-0.1, -0.05) is 12.1 Å². The molecule has 0 aliphatic carbocycles. The number of hydrogen-bond donors (Lipinski definition) is 2. The van der Waals surface area contributed by atoms with Crippen molar-refractivity contribution in [3.63, 3.8) is 0 Å². The van der Waals surface area contributed by atoms with E-state index >= 15 is 0 Å². The lowest BCUT2D eigenvalue weighted by Crippen LogP contribution is -2.35. The first-order chi connectivity index (χ1) is 6.83. The van der Waals surface area contributed by atoms with Gasteiger partial charge < -0.3 is 15.2 Å². The van der Waals surface area contributed by atoms with E-state index in [9.17, 15) is 5.11 Å². The fourth-order valence-corrected chi connectivity index (χ4v) is 1.67. The Kier molecular flexibility index (Phi) is 2.59. The molecule has 1 aromatic carbocycles. The summed E-state index contributed by atoms with van der Waals surface area (Å²) < 4.78 is 5.43. The Bertz CT molecular complexity index is 321. The van der Waals surface area contributed by atoms with Crippen molar-refractivity contribution < 1.29 is 9.84 Å².